The number of aryl methyl sites for hydroxylation is 1. The van der Waals surface area contributed by atoms with Gasteiger partial charge in [0.2, 0.25) is 6.29 Å². The fourth-order valence-electron chi connectivity index (χ4n) is 3.74. The highest BCUT2D eigenvalue weighted by Crippen LogP contribution is 2.40. The molecule has 1 atom stereocenters. The molecule has 0 amide bonds. The lowest BCUT2D eigenvalue weighted by Gasteiger charge is -2.24. The van der Waals surface area contributed by atoms with Crippen molar-refractivity contribution < 1.29 is 33.6 Å². The van der Waals surface area contributed by atoms with Crippen molar-refractivity contribution in [2.24, 2.45) is 0 Å². The fourth-order valence-corrected chi connectivity index (χ4v) is 3.74. The molecule has 1 heterocycles. The van der Waals surface area contributed by atoms with E-state index in [0.717, 1.165) is 11.1 Å². The second-order valence-corrected chi connectivity index (χ2v) is 7.98. The van der Waals surface area contributed by atoms with Crippen molar-refractivity contribution >= 4 is 17.8 Å². The molecule has 7 nitrogen and oxygen atoms in total. The summed E-state index contributed by atoms with van der Waals surface area (Å²) in [6.07, 6.45) is 0.868. The van der Waals surface area contributed by atoms with Crippen molar-refractivity contribution in [3.63, 3.8) is 0 Å². The van der Waals surface area contributed by atoms with Gasteiger partial charge < -0.3 is 24.1 Å². The van der Waals surface area contributed by atoms with E-state index in [-0.39, 0.29) is 30.4 Å². The molecule has 0 saturated carbocycles. The zero-order chi connectivity index (χ0) is 24.8. The Morgan fingerprint density at radius 3 is 2.37 bits per heavy atom. The number of benzene rings is 3. The van der Waals surface area contributed by atoms with E-state index in [9.17, 15) is 14.7 Å². The summed E-state index contributed by atoms with van der Waals surface area (Å²) in [5.74, 6) is 0.682. The van der Waals surface area contributed by atoms with Crippen LogP contribution in [0.15, 0.2) is 72.3 Å². The number of ether oxygens (including phenoxy) is 4. The van der Waals surface area contributed by atoms with E-state index in [1.54, 1.807) is 42.5 Å². The van der Waals surface area contributed by atoms with Crippen LogP contribution in [0.5, 0.6) is 17.2 Å². The van der Waals surface area contributed by atoms with Gasteiger partial charge in [0.05, 0.1) is 25.4 Å². The molecule has 4 rings (SSSR count). The first kappa shape index (κ1) is 24.0. The lowest BCUT2D eigenvalue weighted by atomic mass is 9.96. The Kier molecular flexibility index (Phi) is 7.48. The largest absolute Gasteiger partial charge is 0.496 e. The molecule has 1 aliphatic heterocycles. The third kappa shape index (κ3) is 5.70. The van der Waals surface area contributed by atoms with E-state index in [2.05, 4.69) is 0 Å². The predicted molar refractivity (Wildman–Crippen MR) is 129 cm³/mol. The Morgan fingerprint density at radius 1 is 0.943 bits per heavy atom. The minimum Gasteiger partial charge on any atom is -0.496 e. The molecule has 7 heteroatoms. The zero-order valence-electron chi connectivity index (χ0n) is 19.5. The molecule has 0 spiro atoms. The number of carbonyl (C=O) groups is 2. The van der Waals surface area contributed by atoms with Crippen LogP contribution in [-0.4, -0.2) is 37.4 Å². The molecule has 0 aromatic heterocycles. The van der Waals surface area contributed by atoms with Crippen LogP contribution in [0.4, 0.5) is 0 Å². The van der Waals surface area contributed by atoms with Crippen LogP contribution in [0.25, 0.3) is 6.08 Å². The first-order valence-corrected chi connectivity index (χ1v) is 11.1. The van der Waals surface area contributed by atoms with Gasteiger partial charge in [-0.3, -0.25) is 9.59 Å². The van der Waals surface area contributed by atoms with Gasteiger partial charge in [-0.1, -0.05) is 54.6 Å². The summed E-state index contributed by atoms with van der Waals surface area (Å²) < 4.78 is 21.5. The van der Waals surface area contributed by atoms with Gasteiger partial charge in [-0.2, -0.15) is 0 Å². The number of ketones is 1. The van der Waals surface area contributed by atoms with Gasteiger partial charge in [0, 0.05) is 24.1 Å². The summed E-state index contributed by atoms with van der Waals surface area (Å²) in [4.78, 5) is 25.1. The normalized spacial score (nSPS) is 14.3. The Bertz CT molecular complexity index is 1230. The summed E-state index contributed by atoms with van der Waals surface area (Å²) in [6.45, 7) is 0.243. The summed E-state index contributed by atoms with van der Waals surface area (Å²) >= 11 is 0. The first-order valence-electron chi connectivity index (χ1n) is 11.1. The number of aliphatic hydroxyl groups is 1. The second kappa shape index (κ2) is 10.9. The second-order valence-electron chi connectivity index (χ2n) is 7.98. The monoisotopic (exact) mass is 474 g/mol. The lowest BCUT2D eigenvalue weighted by Crippen LogP contribution is -2.27. The molecule has 0 saturated heterocycles. The van der Waals surface area contributed by atoms with Crippen molar-refractivity contribution in [2.45, 2.75) is 25.7 Å². The maximum Gasteiger partial charge on any atom is 0.306 e. The van der Waals surface area contributed by atoms with Crippen LogP contribution >= 0.6 is 0 Å². The van der Waals surface area contributed by atoms with Crippen LogP contribution in [0, 0.1) is 0 Å². The summed E-state index contributed by atoms with van der Waals surface area (Å²) in [5, 5.41) is 10.5. The number of methoxy groups -OCH3 is 2. The number of aliphatic hydroxyl groups excluding tert-OH is 1. The Labute approximate surface area is 203 Å². The Morgan fingerprint density at radius 2 is 1.69 bits per heavy atom. The molecule has 3 aromatic carbocycles. The van der Waals surface area contributed by atoms with Crippen LogP contribution in [0.3, 0.4) is 0 Å². The zero-order valence-corrected chi connectivity index (χ0v) is 19.5. The van der Waals surface area contributed by atoms with Gasteiger partial charge in [-0.05, 0) is 23.6 Å². The smallest absolute Gasteiger partial charge is 0.306 e. The average molecular weight is 475 g/mol. The average Bonchev–Trinajstić information content (AvgIpc) is 2.90. The van der Waals surface area contributed by atoms with Crippen molar-refractivity contribution in [3.05, 3.63) is 94.6 Å². The van der Waals surface area contributed by atoms with Crippen LogP contribution in [-0.2, 0) is 22.6 Å². The molecule has 0 aliphatic carbocycles. The minimum absolute atomic E-state index is 0.0956. The number of esters is 1. The lowest BCUT2D eigenvalue weighted by molar-refractivity contribution is -0.144. The maximum absolute atomic E-state index is 13.1. The third-order valence-electron chi connectivity index (χ3n) is 5.68. The van der Waals surface area contributed by atoms with Crippen LogP contribution in [0.1, 0.15) is 33.5 Å². The minimum atomic E-state index is -1.43. The number of hydrogen-bond donors (Lipinski definition) is 1. The molecule has 3 aromatic rings. The van der Waals surface area contributed by atoms with Crippen molar-refractivity contribution in [3.8, 4) is 17.2 Å². The Hall–Kier alpha value is -4.10. The van der Waals surface area contributed by atoms with Gasteiger partial charge >= 0.3 is 5.97 Å². The quantitative estimate of drug-likeness (QED) is 0.364. The van der Waals surface area contributed by atoms with Crippen LogP contribution < -0.4 is 14.2 Å². The highest BCUT2D eigenvalue weighted by molar-refractivity contribution is 6.12. The van der Waals surface area contributed by atoms with E-state index in [1.165, 1.54) is 14.2 Å². The van der Waals surface area contributed by atoms with E-state index >= 15 is 0 Å². The molecular weight excluding hydrogens is 448 g/mol. The van der Waals surface area contributed by atoms with E-state index in [4.69, 9.17) is 18.9 Å². The summed E-state index contributed by atoms with van der Waals surface area (Å²) in [7, 11) is 3.02. The van der Waals surface area contributed by atoms with Crippen LogP contribution in [0.2, 0.25) is 0 Å². The SMILES string of the molecule is COc1cc(OC)c2c(c1)OC(O)C(C(=O)c1ccc(CCC(=O)OCc3ccccc3)cc1)=C2. The molecule has 1 N–H and O–H groups in total. The number of hydrogen-bond acceptors (Lipinski definition) is 7. The van der Waals surface area contributed by atoms with Gasteiger partial charge in [-0.25, -0.2) is 0 Å². The molecule has 1 aliphatic rings. The number of rotatable bonds is 9. The van der Waals surface area contributed by atoms with Gasteiger partial charge in [-0.15, -0.1) is 0 Å². The number of carbonyl (C=O) groups excluding carboxylic acids is 2. The summed E-state index contributed by atoms with van der Waals surface area (Å²) in [6, 6.07) is 19.7. The standard InChI is InChI=1S/C28H26O7/c1-32-21-14-24(33-2)22-16-23(28(31)35-25(22)15-21)27(30)20-11-8-18(9-12-20)10-13-26(29)34-17-19-6-4-3-5-7-19/h3-9,11-12,14-16,28,31H,10,13,17H2,1-2H3. The highest BCUT2D eigenvalue weighted by Gasteiger charge is 2.29. The molecule has 0 radical (unpaired) electrons. The Balaban J connectivity index is 1.40. The third-order valence-corrected chi connectivity index (χ3v) is 5.68. The van der Waals surface area contributed by atoms with Gasteiger partial charge in [0.25, 0.3) is 0 Å². The van der Waals surface area contributed by atoms with Gasteiger partial charge in [0.15, 0.2) is 5.78 Å². The highest BCUT2D eigenvalue weighted by atomic mass is 16.6. The van der Waals surface area contributed by atoms with Crippen molar-refractivity contribution in [2.75, 3.05) is 14.2 Å². The molecule has 35 heavy (non-hydrogen) atoms. The molecular formula is C28H26O7. The maximum atomic E-state index is 13.1. The fraction of sp³-hybridized carbons (Fsp3) is 0.214. The van der Waals surface area contributed by atoms with E-state index < -0.39 is 6.29 Å². The van der Waals surface area contributed by atoms with Crippen molar-refractivity contribution in [1.82, 2.24) is 0 Å². The molecule has 1 unspecified atom stereocenters. The number of Topliss-reactive ketones (excluding diaryl/α,β-unsaturated/α-hetero) is 1. The molecule has 180 valence electrons. The van der Waals surface area contributed by atoms with Crippen molar-refractivity contribution in [1.29, 1.82) is 0 Å². The molecule has 0 fully saturated rings. The summed E-state index contributed by atoms with van der Waals surface area (Å²) in [5.41, 5.74) is 2.87. The van der Waals surface area contributed by atoms with Gasteiger partial charge in [0.1, 0.15) is 23.9 Å². The predicted octanol–water partition coefficient (Wildman–Crippen LogP) is 4.36. The topological polar surface area (TPSA) is 91.3 Å². The first-order chi connectivity index (χ1) is 17.0. The van der Waals surface area contributed by atoms with E-state index in [1.807, 2.05) is 30.3 Å². The van der Waals surface area contributed by atoms with E-state index in [0.29, 0.717) is 34.8 Å². The molecule has 0 bridgehead atoms. The number of fused-ring (bicyclic) bond motifs is 1.